The van der Waals surface area contributed by atoms with Gasteiger partial charge >= 0.3 is 11.7 Å². The largest absolute Gasteiger partial charge is 0.477 e. The Labute approximate surface area is 118 Å². The number of carbonyl (C=O) groups is 2. The third kappa shape index (κ3) is 2.56. The number of amides is 1. The van der Waals surface area contributed by atoms with Gasteiger partial charge in [-0.05, 0) is 18.2 Å². The van der Waals surface area contributed by atoms with E-state index in [1.165, 1.54) is 31.4 Å². The molecule has 0 fully saturated rings. The highest BCUT2D eigenvalue weighted by molar-refractivity contribution is 5.94. The number of nitrogens with one attached hydrogen (secondary N) is 1. The Hall–Kier alpha value is -3.23. The summed E-state index contributed by atoms with van der Waals surface area (Å²) in [4.78, 5) is 32.9. The van der Waals surface area contributed by atoms with Gasteiger partial charge in [-0.1, -0.05) is 6.07 Å². The van der Waals surface area contributed by atoms with Crippen LogP contribution in [0.4, 0.5) is 5.69 Å². The Morgan fingerprint density at radius 1 is 1.38 bits per heavy atom. The maximum atomic E-state index is 11.4. The predicted octanol–water partition coefficient (Wildman–Crippen LogP) is 0.838. The van der Waals surface area contributed by atoms with Gasteiger partial charge in [0.1, 0.15) is 11.3 Å². The Morgan fingerprint density at radius 2 is 2.10 bits per heavy atom. The molecule has 2 aromatic rings. The zero-order chi connectivity index (χ0) is 15.6. The van der Waals surface area contributed by atoms with Gasteiger partial charge in [0, 0.05) is 13.2 Å². The van der Waals surface area contributed by atoms with Crippen LogP contribution in [0.1, 0.15) is 20.8 Å². The number of aromatic carboxylic acids is 1. The molecule has 21 heavy (non-hydrogen) atoms. The molecular weight excluding hydrogens is 280 g/mol. The first kappa shape index (κ1) is 14.2. The molecule has 0 aliphatic rings. The average molecular weight is 290 g/mol. The fourth-order valence-electron chi connectivity index (χ4n) is 1.79. The average Bonchev–Trinajstić information content (AvgIpc) is 2.95. The van der Waals surface area contributed by atoms with Gasteiger partial charge in [0.25, 0.3) is 5.91 Å². The molecule has 0 bridgehead atoms. The van der Waals surface area contributed by atoms with Crippen LogP contribution in [0, 0.1) is 10.1 Å². The van der Waals surface area contributed by atoms with Crippen LogP contribution in [0.15, 0.2) is 30.5 Å². The molecule has 2 N–H and O–H groups in total. The molecule has 0 saturated heterocycles. The van der Waals surface area contributed by atoms with Crippen molar-refractivity contribution in [3.05, 3.63) is 51.8 Å². The van der Waals surface area contributed by atoms with Gasteiger partial charge in [0.05, 0.1) is 4.92 Å². The number of benzene rings is 1. The van der Waals surface area contributed by atoms with E-state index in [0.29, 0.717) is 0 Å². The van der Waals surface area contributed by atoms with Gasteiger partial charge in [-0.2, -0.15) is 5.10 Å². The Balaban J connectivity index is 2.61. The lowest BCUT2D eigenvalue weighted by Gasteiger charge is -2.05. The number of rotatable bonds is 4. The van der Waals surface area contributed by atoms with E-state index in [1.807, 2.05) is 0 Å². The quantitative estimate of drug-likeness (QED) is 0.634. The maximum Gasteiger partial charge on any atom is 0.342 e. The number of nitro groups is 1. The van der Waals surface area contributed by atoms with Crippen molar-refractivity contribution < 1.29 is 19.6 Å². The van der Waals surface area contributed by atoms with E-state index >= 15 is 0 Å². The summed E-state index contributed by atoms with van der Waals surface area (Å²) in [6, 6.07) is 5.22. The molecule has 0 atom stereocenters. The number of hydrogen-bond donors (Lipinski definition) is 2. The molecule has 1 aromatic carbocycles. The minimum atomic E-state index is -1.41. The molecule has 108 valence electrons. The smallest absolute Gasteiger partial charge is 0.342 e. The van der Waals surface area contributed by atoms with Gasteiger partial charge in [-0.15, -0.1) is 0 Å². The van der Waals surface area contributed by atoms with Crippen molar-refractivity contribution in [2.24, 2.45) is 0 Å². The van der Waals surface area contributed by atoms with E-state index in [-0.39, 0.29) is 11.4 Å². The number of carbonyl (C=O) groups excluding carboxylic acids is 1. The molecule has 1 heterocycles. The molecule has 2 rings (SSSR count). The molecule has 0 radical (unpaired) electrons. The molecule has 1 aromatic heterocycles. The Bertz CT molecular complexity index is 737. The van der Waals surface area contributed by atoms with Gasteiger partial charge in [-0.25, -0.2) is 9.48 Å². The van der Waals surface area contributed by atoms with Gasteiger partial charge in [0.2, 0.25) is 0 Å². The minimum Gasteiger partial charge on any atom is -0.477 e. The molecule has 0 aliphatic carbocycles. The lowest BCUT2D eigenvalue weighted by molar-refractivity contribution is -0.385. The van der Waals surface area contributed by atoms with E-state index in [1.54, 1.807) is 0 Å². The summed E-state index contributed by atoms with van der Waals surface area (Å²) in [6.45, 7) is 0. The van der Waals surface area contributed by atoms with Crippen LogP contribution in [-0.2, 0) is 0 Å². The van der Waals surface area contributed by atoms with Crippen molar-refractivity contribution in [3.8, 4) is 5.69 Å². The van der Waals surface area contributed by atoms with Crippen molar-refractivity contribution in [1.29, 1.82) is 0 Å². The summed E-state index contributed by atoms with van der Waals surface area (Å²) in [6.07, 6.45) is 1.35. The summed E-state index contributed by atoms with van der Waals surface area (Å²) < 4.78 is 1.09. The van der Waals surface area contributed by atoms with Crippen LogP contribution in [-0.4, -0.2) is 38.7 Å². The number of para-hydroxylation sites is 1. The summed E-state index contributed by atoms with van der Waals surface area (Å²) in [5.41, 5.74) is -1.01. The van der Waals surface area contributed by atoms with Crippen LogP contribution in [0.2, 0.25) is 0 Å². The van der Waals surface area contributed by atoms with Gasteiger partial charge in [0.15, 0.2) is 5.69 Å². The number of hydrogen-bond acceptors (Lipinski definition) is 5. The van der Waals surface area contributed by atoms with Crippen molar-refractivity contribution in [3.63, 3.8) is 0 Å². The second kappa shape index (κ2) is 5.41. The zero-order valence-corrected chi connectivity index (χ0v) is 10.8. The summed E-state index contributed by atoms with van der Waals surface area (Å²) >= 11 is 0. The van der Waals surface area contributed by atoms with Crippen molar-refractivity contribution >= 4 is 17.6 Å². The third-order valence-corrected chi connectivity index (χ3v) is 2.72. The molecule has 9 nitrogen and oxygen atoms in total. The Morgan fingerprint density at radius 3 is 2.67 bits per heavy atom. The highest BCUT2D eigenvalue weighted by Crippen LogP contribution is 2.27. The molecular formula is C12H10N4O5. The van der Waals surface area contributed by atoms with Crippen LogP contribution in [0.3, 0.4) is 0 Å². The van der Waals surface area contributed by atoms with Gasteiger partial charge in [-0.3, -0.25) is 14.9 Å². The van der Waals surface area contributed by atoms with Crippen LogP contribution in [0.5, 0.6) is 0 Å². The SMILES string of the molecule is CNC(=O)c1ccn(-c2cccc(C(=O)O)c2[N+](=O)[O-])n1. The normalized spacial score (nSPS) is 10.1. The monoisotopic (exact) mass is 290 g/mol. The van der Waals surface area contributed by atoms with E-state index < -0.39 is 28.1 Å². The number of nitrogens with zero attached hydrogens (tertiary/aromatic N) is 3. The molecule has 1 amide bonds. The van der Waals surface area contributed by atoms with Gasteiger partial charge < -0.3 is 10.4 Å². The summed E-state index contributed by atoms with van der Waals surface area (Å²) in [5.74, 6) is -1.87. The first-order valence-electron chi connectivity index (χ1n) is 5.74. The van der Waals surface area contributed by atoms with E-state index in [4.69, 9.17) is 5.11 Å². The molecule has 0 spiro atoms. The number of nitro benzene ring substituents is 1. The van der Waals surface area contributed by atoms with E-state index in [2.05, 4.69) is 10.4 Å². The minimum absolute atomic E-state index is 0.0324. The van der Waals surface area contributed by atoms with E-state index in [9.17, 15) is 19.7 Å². The summed E-state index contributed by atoms with van der Waals surface area (Å²) in [7, 11) is 1.43. The fraction of sp³-hybridized carbons (Fsp3) is 0.0833. The molecule has 0 saturated carbocycles. The van der Waals surface area contributed by atoms with Crippen LogP contribution < -0.4 is 5.32 Å². The highest BCUT2D eigenvalue weighted by atomic mass is 16.6. The second-order valence-electron chi connectivity index (χ2n) is 3.96. The lowest BCUT2D eigenvalue weighted by Crippen LogP contribution is -2.18. The topological polar surface area (TPSA) is 127 Å². The second-order valence-corrected chi connectivity index (χ2v) is 3.96. The van der Waals surface area contributed by atoms with Crippen molar-refractivity contribution in [2.45, 2.75) is 0 Å². The van der Waals surface area contributed by atoms with Crippen LogP contribution >= 0.6 is 0 Å². The molecule has 9 heteroatoms. The van der Waals surface area contributed by atoms with E-state index in [0.717, 1.165) is 10.7 Å². The number of carboxylic acid groups (broad SMARTS) is 1. The van der Waals surface area contributed by atoms with Crippen molar-refractivity contribution in [1.82, 2.24) is 15.1 Å². The highest BCUT2D eigenvalue weighted by Gasteiger charge is 2.25. The Kier molecular flexibility index (Phi) is 3.65. The molecule has 0 unspecified atom stereocenters. The standard InChI is InChI=1S/C12H10N4O5/c1-13-11(17)8-5-6-15(14-8)9-4-2-3-7(12(18)19)10(9)16(20)21/h2-6H,1H3,(H,13,17)(H,18,19). The first-order valence-corrected chi connectivity index (χ1v) is 5.74. The van der Waals surface area contributed by atoms with Crippen LogP contribution in [0.25, 0.3) is 5.69 Å². The predicted molar refractivity (Wildman–Crippen MR) is 70.6 cm³/mol. The summed E-state index contributed by atoms with van der Waals surface area (Å²) in [5, 5.41) is 26.4. The number of carboxylic acids is 1. The first-order chi connectivity index (χ1) is 9.95. The number of aromatic nitrogens is 2. The van der Waals surface area contributed by atoms with Crippen molar-refractivity contribution in [2.75, 3.05) is 7.05 Å². The molecule has 0 aliphatic heterocycles. The lowest BCUT2D eigenvalue weighted by atomic mass is 10.1. The third-order valence-electron chi connectivity index (χ3n) is 2.72. The maximum absolute atomic E-state index is 11.4. The fourth-order valence-corrected chi connectivity index (χ4v) is 1.79. The zero-order valence-electron chi connectivity index (χ0n) is 10.8.